The van der Waals surface area contributed by atoms with Gasteiger partial charge in [-0.25, -0.2) is 9.97 Å². The van der Waals surface area contributed by atoms with Crippen LogP contribution >= 0.6 is 0 Å². The first kappa shape index (κ1) is 20.7. The number of amides is 1. The van der Waals surface area contributed by atoms with E-state index in [1.165, 1.54) is 0 Å². The third-order valence-electron chi connectivity index (χ3n) is 4.39. The van der Waals surface area contributed by atoms with Crippen LogP contribution in [0, 0.1) is 6.92 Å². The molecule has 2 N–H and O–H groups in total. The molecule has 0 aliphatic heterocycles. The van der Waals surface area contributed by atoms with Crippen molar-refractivity contribution in [2.45, 2.75) is 14.4 Å². The molecule has 0 saturated heterocycles. The molecule has 0 bridgehead atoms. The Bertz CT molecular complexity index is 1130. The summed E-state index contributed by atoms with van der Waals surface area (Å²) in [6.45, 7) is 1.98. The number of nitrogens with one attached hydrogen (secondary N) is 2. The summed E-state index contributed by atoms with van der Waals surface area (Å²) in [5.41, 5.74) is 4.82. The average Bonchev–Trinajstić information content (AvgIpc) is 2.77. The van der Waals surface area contributed by atoms with Crippen molar-refractivity contribution >= 4 is 23.2 Å². The molecule has 4 rings (SSSR count). The van der Waals surface area contributed by atoms with Crippen LogP contribution in [0.5, 0.6) is 0 Å². The van der Waals surface area contributed by atoms with Crippen LogP contribution in [-0.4, -0.2) is 20.9 Å². The van der Waals surface area contributed by atoms with E-state index in [0.29, 0.717) is 17.2 Å². The molecule has 0 aliphatic carbocycles. The number of anilines is 3. The van der Waals surface area contributed by atoms with Gasteiger partial charge in [-0.2, -0.15) is 0 Å². The van der Waals surface area contributed by atoms with Crippen molar-refractivity contribution in [2.24, 2.45) is 0 Å². The maximum Gasteiger partial charge on any atom is 0.255 e. The van der Waals surface area contributed by atoms with Crippen molar-refractivity contribution in [3.8, 4) is 11.3 Å². The molecule has 2 aromatic heterocycles. The Morgan fingerprint density at radius 1 is 0.933 bits per heavy atom. The number of pyridine rings is 1. The summed E-state index contributed by atoms with van der Waals surface area (Å²) in [6.07, 6.45) is 5.19. The Labute approximate surface area is 176 Å². The number of aromatic nitrogens is 3. The van der Waals surface area contributed by atoms with Gasteiger partial charge < -0.3 is 10.6 Å². The molecule has 0 saturated carbocycles. The molecule has 0 unspecified atom stereocenters. The SMILES string of the molecule is C.Cc1ccc(NC(=O)c2ccccc2)cc1Nc1nccc(-c2cccnc2)n1. The van der Waals surface area contributed by atoms with E-state index in [4.69, 9.17) is 0 Å². The topological polar surface area (TPSA) is 79.8 Å². The van der Waals surface area contributed by atoms with E-state index in [2.05, 4.69) is 25.6 Å². The fourth-order valence-corrected chi connectivity index (χ4v) is 2.84. The Balaban J connectivity index is 0.00000256. The van der Waals surface area contributed by atoms with Crippen LogP contribution in [0.4, 0.5) is 17.3 Å². The summed E-state index contributed by atoms with van der Waals surface area (Å²) in [7, 11) is 0. The minimum Gasteiger partial charge on any atom is -0.324 e. The highest BCUT2D eigenvalue weighted by molar-refractivity contribution is 6.04. The van der Waals surface area contributed by atoms with Crippen molar-refractivity contribution in [3.63, 3.8) is 0 Å². The lowest BCUT2D eigenvalue weighted by Crippen LogP contribution is -2.12. The van der Waals surface area contributed by atoms with E-state index in [-0.39, 0.29) is 13.3 Å². The molecule has 0 fully saturated rings. The summed E-state index contributed by atoms with van der Waals surface area (Å²) >= 11 is 0. The van der Waals surface area contributed by atoms with E-state index in [1.807, 2.05) is 61.5 Å². The van der Waals surface area contributed by atoms with E-state index < -0.39 is 0 Å². The zero-order valence-corrected chi connectivity index (χ0v) is 15.8. The maximum absolute atomic E-state index is 12.4. The van der Waals surface area contributed by atoms with Crippen molar-refractivity contribution in [1.82, 2.24) is 15.0 Å². The predicted molar refractivity (Wildman–Crippen MR) is 121 cm³/mol. The zero-order chi connectivity index (χ0) is 20.1. The molecular formula is C24H23N5O. The average molecular weight is 397 g/mol. The van der Waals surface area contributed by atoms with Gasteiger partial charge in [0.15, 0.2) is 0 Å². The number of rotatable bonds is 5. The fraction of sp³-hybridized carbons (Fsp3) is 0.0833. The number of hydrogen-bond acceptors (Lipinski definition) is 5. The first-order chi connectivity index (χ1) is 14.2. The second-order valence-electron chi connectivity index (χ2n) is 6.48. The molecule has 6 heteroatoms. The van der Waals surface area contributed by atoms with Gasteiger partial charge in [0, 0.05) is 41.1 Å². The van der Waals surface area contributed by atoms with Crippen LogP contribution in [-0.2, 0) is 0 Å². The fourth-order valence-electron chi connectivity index (χ4n) is 2.84. The van der Waals surface area contributed by atoms with Gasteiger partial charge in [0.25, 0.3) is 5.91 Å². The van der Waals surface area contributed by atoms with Gasteiger partial charge in [-0.1, -0.05) is 31.7 Å². The van der Waals surface area contributed by atoms with Gasteiger partial charge in [-0.15, -0.1) is 0 Å². The lowest BCUT2D eigenvalue weighted by molar-refractivity contribution is 0.102. The number of aryl methyl sites for hydroxylation is 1. The highest BCUT2D eigenvalue weighted by Crippen LogP contribution is 2.24. The number of carbonyl (C=O) groups is 1. The highest BCUT2D eigenvalue weighted by Gasteiger charge is 2.09. The van der Waals surface area contributed by atoms with E-state index in [1.54, 1.807) is 30.7 Å². The zero-order valence-electron chi connectivity index (χ0n) is 15.8. The van der Waals surface area contributed by atoms with Crippen molar-refractivity contribution in [2.75, 3.05) is 10.6 Å². The minimum absolute atomic E-state index is 0. The van der Waals surface area contributed by atoms with E-state index >= 15 is 0 Å². The molecular weight excluding hydrogens is 374 g/mol. The molecule has 0 radical (unpaired) electrons. The standard InChI is InChI=1S/C23H19N5O.CH4/c1-16-9-10-19(26-22(29)17-6-3-2-4-7-17)14-21(16)28-23-25-13-11-20(27-23)18-8-5-12-24-15-18;/h2-15H,1H3,(H,26,29)(H,25,27,28);1H4. The van der Waals surface area contributed by atoms with Gasteiger partial charge in [-0.3, -0.25) is 9.78 Å². The van der Waals surface area contributed by atoms with Gasteiger partial charge in [0.05, 0.1) is 5.69 Å². The molecule has 1 amide bonds. The number of benzene rings is 2. The van der Waals surface area contributed by atoms with Crippen LogP contribution in [0.1, 0.15) is 23.3 Å². The molecule has 4 aromatic rings. The first-order valence-electron chi connectivity index (χ1n) is 9.16. The van der Waals surface area contributed by atoms with Crippen molar-refractivity contribution < 1.29 is 4.79 Å². The molecule has 30 heavy (non-hydrogen) atoms. The van der Waals surface area contributed by atoms with Crippen LogP contribution < -0.4 is 10.6 Å². The third kappa shape index (κ3) is 4.86. The summed E-state index contributed by atoms with van der Waals surface area (Å²) < 4.78 is 0. The van der Waals surface area contributed by atoms with Crippen molar-refractivity contribution in [1.29, 1.82) is 0 Å². The van der Waals surface area contributed by atoms with Crippen LogP contribution in [0.3, 0.4) is 0 Å². The summed E-state index contributed by atoms with van der Waals surface area (Å²) in [6, 6.07) is 20.4. The molecule has 0 atom stereocenters. The molecule has 2 aromatic carbocycles. The largest absolute Gasteiger partial charge is 0.324 e. The summed E-state index contributed by atoms with van der Waals surface area (Å²) in [5.74, 6) is 0.316. The molecule has 6 nitrogen and oxygen atoms in total. The van der Waals surface area contributed by atoms with E-state index in [9.17, 15) is 4.79 Å². The monoisotopic (exact) mass is 397 g/mol. The second kappa shape index (κ2) is 9.43. The number of hydrogen-bond donors (Lipinski definition) is 2. The van der Waals surface area contributed by atoms with Gasteiger partial charge in [-0.05, 0) is 55.0 Å². The highest BCUT2D eigenvalue weighted by atomic mass is 16.1. The third-order valence-corrected chi connectivity index (χ3v) is 4.39. The van der Waals surface area contributed by atoms with Crippen LogP contribution in [0.25, 0.3) is 11.3 Å². The molecule has 0 aliphatic rings. The van der Waals surface area contributed by atoms with Crippen molar-refractivity contribution in [3.05, 3.63) is 96.4 Å². The smallest absolute Gasteiger partial charge is 0.255 e. The Morgan fingerprint density at radius 3 is 2.53 bits per heavy atom. The number of carbonyl (C=O) groups excluding carboxylic acids is 1. The van der Waals surface area contributed by atoms with Gasteiger partial charge in [0.1, 0.15) is 0 Å². The quantitative estimate of drug-likeness (QED) is 0.466. The first-order valence-corrected chi connectivity index (χ1v) is 9.16. The summed E-state index contributed by atoms with van der Waals surface area (Å²) in [4.78, 5) is 25.4. The lowest BCUT2D eigenvalue weighted by atomic mass is 10.1. The van der Waals surface area contributed by atoms with Gasteiger partial charge >= 0.3 is 0 Å². The molecule has 150 valence electrons. The normalized spacial score (nSPS) is 10.0. The second-order valence-corrected chi connectivity index (χ2v) is 6.48. The maximum atomic E-state index is 12.4. The predicted octanol–water partition coefficient (Wildman–Crippen LogP) is 5.48. The Kier molecular flexibility index (Phi) is 6.49. The van der Waals surface area contributed by atoms with E-state index in [0.717, 1.165) is 22.5 Å². The molecule has 0 spiro atoms. The minimum atomic E-state index is -0.157. The van der Waals surface area contributed by atoms with Gasteiger partial charge in [0.2, 0.25) is 5.95 Å². The molecule has 2 heterocycles. The summed E-state index contributed by atoms with van der Waals surface area (Å²) in [5, 5.41) is 6.16. The Morgan fingerprint density at radius 2 is 1.77 bits per heavy atom. The lowest BCUT2D eigenvalue weighted by Gasteiger charge is -2.12. The van der Waals surface area contributed by atoms with Crippen LogP contribution in [0.15, 0.2) is 85.3 Å². The Hall–Kier alpha value is -4.06. The van der Waals surface area contributed by atoms with Crippen LogP contribution in [0.2, 0.25) is 0 Å². The number of nitrogens with zero attached hydrogens (tertiary/aromatic N) is 3.